The van der Waals surface area contributed by atoms with E-state index in [9.17, 15) is 9.59 Å². The molecule has 6 heteroatoms. The lowest BCUT2D eigenvalue weighted by atomic mass is 10.1. The molecule has 1 amide bonds. The number of aromatic nitrogens is 1. The highest BCUT2D eigenvalue weighted by Gasteiger charge is 2.23. The van der Waals surface area contributed by atoms with Gasteiger partial charge < -0.3 is 14.9 Å². The van der Waals surface area contributed by atoms with Crippen molar-refractivity contribution in [2.75, 3.05) is 24.5 Å². The van der Waals surface area contributed by atoms with Crippen molar-refractivity contribution in [2.24, 2.45) is 0 Å². The molecule has 1 unspecified atom stereocenters. The largest absolute Gasteiger partial charge is 0.480 e. The minimum Gasteiger partial charge on any atom is -0.480 e. The van der Waals surface area contributed by atoms with Gasteiger partial charge in [-0.2, -0.15) is 0 Å². The van der Waals surface area contributed by atoms with Crippen LogP contribution in [0.1, 0.15) is 56.3 Å². The van der Waals surface area contributed by atoms with Gasteiger partial charge in [-0.15, -0.1) is 0 Å². The predicted octanol–water partition coefficient (Wildman–Crippen LogP) is 2.79. The number of carboxylic acid groups (broad SMARTS) is 1. The molecular weight excluding hydrogens is 306 g/mol. The Morgan fingerprint density at radius 3 is 2.42 bits per heavy atom. The summed E-state index contributed by atoms with van der Waals surface area (Å²) in [5.41, 5.74) is 0.440. The second-order valence-corrected chi connectivity index (χ2v) is 6.39. The van der Waals surface area contributed by atoms with Crippen molar-refractivity contribution in [1.82, 2.24) is 9.88 Å². The van der Waals surface area contributed by atoms with E-state index < -0.39 is 5.97 Å². The van der Waals surface area contributed by atoms with Gasteiger partial charge in [-0.1, -0.05) is 19.8 Å². The van der Waals surface area contributed by atoms with Gasteiger partial charge in [0.15, 0.2) is 0 Å². The Labute approximate surface area is 143 Å². The van der Waals surface area contributed by atoms with Gasteiger partial charge in [0.2, 0.25) is 0 Å². The molecule has 0 spiro atoms. The lowest BCUT2D eigenvalue weighted by Gasteiger charge is -2.27. The maximum absolute atomic E-state index is 12.6. The van der Waals surface area contributed by atoms with Gasteiger partial charge in [-0.25, -0.2) is 4.98 Å². The first kappa shape index (κ1) is 18.2. The molecule has 2 heterocycles. The van der Waals surface area contributed by atoms with E-state index in [-0.39, 0.29) is 18.5 Å². The standard InChI is InChI=1S/C18H27N3O3/c1-3-14(2)21(13-17(22)23)18(24)15-8-9-16(19-12-15)20-10-6-4-5-7-11-20/h8-9,12,14H,3-7,10-11,13H2,1-2H3,(H,22,23). The number of carbonyl (C=O) groups is 2. The first-order valence-electron chi connectivity index (χ1n) is 8.76. The minimum atomic E-state index is -1.00. The molecular formula is C18H27N3O3. The number of pyridine rings is 1. The number of anilines is 1. The fourth-order valence-corrected chi connectivity index (χ4v) is 2.96. The van der Waals surface area contributed by atoms with Crippen LogP contribution in [-0.2, 0) is 4.79 Å². The first-order valence-corrected chi connectivity index (χ1v) is 8.76. The Kier molecular flexibility index (Phi) is 6.58. The van der Waals surface area contributed by atoms with Crippen molar-refractivity contribution < 1.29 is 14.7 Å². The van der Waals surface area contributed by atoms with Crippen LogP contribution in [0.25, 0.3) is 0 Å². The smallest absolute Gasteiger partial charge is 0.323 e. The zero-order valence-electron chi connectivity index (χ0n) is 14.6. The van der Waals surface area contributed by atoms with Crippen LogP contribution in [0.4, 0.5) is 5.82 Å². The lowest BCUT2D eigenvalue weighted by molar-refractivity contribution is -0.138. The van der Waals surface area contributed by atoms with Crippen LogP contribution < -0.4 is 4.90 Å². The van der Waals surface area contributed by atoms with E-state index >= 15 is 0 Å². The molecule has 0 bridgehead atoms. The lowest BCUT2D eigenvalue weighted by Crippen LogP contribution is -2.41. The van der Waals surface area contributed by atoms with Gasteiger partial charge in [-0.05, 0) is 38.3 Å². The molecule has 0 aromatic carbocycles. The number of aliphatic carboxylic acids is 1. The first-order chi connectivity index (χ1) is 11.5. The molecule has 1 atom stereocenters. The van der Waals surface area contributed by atoms with E-state index in [0.717, 1.165) is 18.9 Å². The summed E-state index contributed by atoms with van der Waals surface area (Å²) in [5, 5.41) is 9.05. The zero-order valence-corrected chi connectivity index (χ0v) is 14.6. The summed E-state index contributed by atoms with van der Waals surface area (Å²) in [4.78, 5) is 31.8. The summed E-state index contributed by atoms with van der Waals surface area (Å²) in [6.07, 6.45) is 7.13. The van der Waals surface area contributed by atoms with Gasteiger partial charge in [0.05, 0.1) is 5.56 Å². The summed E-state index contributed by atoms with van der Waals surface area (Å²) in [7, 11) is 0. The van der Waals surface area contributed by atoms with Gasteiger partial charge >= 0.3 is 5.97 Å². The van der Waals surface area contributed by atoms with Crippen molar-refractivity contribution in [3.63, 3.8) is 0 Å². The van der Waals surface area contributed by atoms with Crippen molar-refractivity contribution >= 4 is 17.7 Å². The molecule has 1 aliphatic rings. The van der Waals surface area contributed by atoms with E-state index in [4.69, 9.17) is 5.11 Å². The number of rotatable bonds is 6. The molecule has 1 saturated heterocycles. The number of amides is 1. The Balaban J connectivity index is 2.12. The van der Waals surface area contributed by atoms with Crippen molar-refractivity contribution in [2.45, 2.75) is 52.0 Å². The quantitative estimate of drug-likeness (QED) is 0.866. The highest BCUT2D eigenvalue weighted by atomic mass is 16.4. The number of hydrogen-bond acceptors (Lipinski definition) is 4. The van der Waals surface area contributed by atoms with Gasteiger partial charge in [0.1, 0.15) is 12.4 Å². The molecule has 0 radical (unpaired) electrons. The van der Waals surface area contributed by atoms with Crippen LogP contribution in [0.15, 0.2) is 18.3 Å². The van der Waals surface area contributed by atoms with Crippen molar-refractivity contribution in [3.05, 3.63) is 23.9 Å². The number of carbonyl (C=O) groups excluding carboxylic acids is 1. The monoisotopic (exact) mass is 333 g/mol. The fraction of sp³-hybridized carbons (Fsp3) is 0.611. The second-order valence-electron chi connectivity index (χ2n) is 6.39. The number of carboxylic acids is 1. The van der Waals surface area contributed by atoms with Crippen LogP contribution in [0.3, 0.4) is 0 Å². The van der Waals surface area contributed by atoms with Crippen LogP contribution in [0, 0.1) is 0 Å². The summed E-state index contributed by atoms with van der Waals surface area (Å²) < 4.78 is 0. The normalized spacial score (nSPS) is 16.3. The SMILES string of the molecule is CCC(C)N(CC(=O)O)C(=O)c1ccc(N2CCCCCC2)nc1. The Morgan fingerprint density at radius 1 is 1.25 bits per heavy atom. The molecule has 1 N–H and O–H groups in total. The third kappa shape index (κ3) is 4.69. The van der Waals surface area contributed by atoms with E-state index in [0.29, 0.717) is 12.0 Å². The minimum absolute atomic E-state index is 0.126. The van der Waals surface area contributed by atoms with Crippen LogP contribution >= 0.6 is 0 Å². The Bertz CT molecular complexity index is 551. The Hall–Kier alpha value is -2.11. The molecule has 24 heavy (non-hydrogen) atoms. The molecule has 2 rings (SSSR count). The summed E-state index contributed by atoms with van der Waals surface area (Å²) in [6.45, 7) is 5.51. The topological polar surface area (TPSA) is 73.7 Å². The molecule has 132 valence electrons. The molecule has 1 aromatic rings. The van der Waals surface area contributed by atoms with E-state index in [1.165, 1.54) is 30.6 Å². The molecule has 0 saturated carbocycles. The number of hydrogen-bond donors (Lipinski definition) is 1. The number of nitrogens with zero attached hydrogens (tertiary/aromatic N) is 3. The fourth-order valence-electron chi connectivity index (χ4n) is 2.96. The highest BCUT2D eigenvalue weighted by molar-refractivity contribution is 5.96. The predicted molar refractivity (Wildman–Crippen MR) is 93.3 cm³/mol. The van der Waals surface area contributed by atoms with Crippen LogP contribution in [0.5, 0.6) is 0 Å². The third-order valence-electron chi connectivity index (χ3n) is 4.61. The van der Waals surface area contributed by atoms with E-state index in [1.807, 2.05) is 19.9 Å². The average Bonchev–Trinajstić information content (AvgIpc) is 2.88. The molecule has 1 fully saturated rings. The molecule has 0 aliphatic carbocycles. The Morgan fingerprint density at radius 2 is 1.92 bits per heavy atom. The summed E-state index contributed by atoms with van der Waals surface area (Å²) in [5.74, 6) is -0.388. The van der Waals surface area contributed by atoms with E-state index in [2.05, 4.69) is 9.88 Å². The van der Waals surface area contributed by atoms with Crippen LogP contribution in [-0.4, -0.2) is 52.5 Å². The van der Waals surface area contributed by atoms with Gasteiger partial charge in [0.25, 0.3) is 5.91 Å². The van der Waals surface area contributed by atoms with Crippen molar-refractivity contribution in [3.8, 4) is 0 Å². The zero-order chi connectivity index (χ0) is 17.5. The highest BCUT2D eigenvalue weighted by Crippen LogP contribution is 2.18. The average molecular weight is 333 g/mol. The second kappa shape index (κ2) is 8.66. The van der Waals surface area contributed by atoms with Crippen molar-refractivity contribution in [1.29, 1.82) is 0 Å². The molecule has 6 nitrogen and oxygen atoms in total. The summed E-state index contributed by atoms with van der Waals surface area (Å²) >= 11 is 0. The van der Waals surface area contributed by atoms with Gasteiger partial charge in [-0.3, -0.25) is 9.59 Å². The molecule has 1 aromatic heterocycles. The van der Waals surface area contributed by atoms with Crippen LogP contribution in [0.2, 0.25) is 0 Å². The maximum atomic E-state index is 12.6. The van der Waals surface area contributed by atoms with E-state index in [1.54, 1.807) is 12.3 Å². The molecule has 1 aliphatic heterocycles. The third-order valence-corrected chi connectivity index (χ3v) is 4.61. The van der Waals surface area contributed by atoms with Gasteiger partial charge in [0, 0.05) is 25.3 Å². The maximum Gasteiger partial charge on any atom is 0.323 e. The summed E-state index contributed by atoms with van der Waals surface area (Å²) in [6, 6.07) is 3.50.